The second kappa shape index (κ2) is 11.8. The zero-order valence-corrected chi connectivity index (χ0v) is 26.6. The Morgan fingerprint density at radius 3 is 2.18 bits per heavy atom. The first-order valence-corrected chi connectivity index (χ1v) is 16.9. The molecule has 5 aromatic rings. The van der Waals surface area contributed by atoms with Crippen molar-refractivity contribution in [1.82, 2.24) is 9.78 Å². The molecule has 4 aromatic carbocycles. The Bertz CT molecular complexity index is 1810. The van der Waals surface area contributed by atoms with Gasteiger partial charge in [0.15, 0.2) is 0 Å². The molecule has 222 valence electrons. The summed E-state index contributed by atoms with van der Waals surface area (Å²) >= 11 is 0. The highest BCUT2D eigenvalue weighted by molar-refractivity contribution is 6.99. The minimum absolute atomic E-state index is 0.0292. The first-order chi connectivity index (χ1) is 21.2. The molecule has 1 N–H and O–H groups in total. The number of aromatic nitrogens is 2. The molecule has 0 saturated carbocycles. The van der Waals surface area contributed by atoms with Gasteiger partial charge in [-0.15, -0.1) is 0 Å². The molecule has 7 heteroatoms. The van der Waals surface area contributed by atoms with E-state index in [0.29, 0.717) is 18.5 Å². The smallest absolute Gasteiger partial charge is 0.261 e. The van der Waals surface area contributed by atoms with Crippen molar-refractivity contribution in [1.29, 1.82) is 5.26 Å². The van der Waals surface area contributed by atoms with Crippen LogP contribution >= 0.6 is 0 Å². The van der Waals surface area contributed by atoms with Gasteiger partial charge in [0.05, 0.1) is 19.8 Å². The molecule has 0 aliphatic heterocycles. The molecule has 1 unspecified atom stereocenters. The summed E-state index contributed by atoms with van der Waals surface area (Å²) in [4.78, 5) is 0. The van der Waals surface area contributed by atoms with Gasteiger partial charge in [-0.1, -0.05) is 99.6 Å². The first-order valence-electron chi connectivity index (χ1n) is 15.0. The lowest BCUT2D eigenvalue weighted by atomic mass is 9.98. The minimum Gasteiger partial charge on any atom is -0.506 e. The van der Waals surface area contributed by atoms with Crippen molar-refractivity contribution < 1.29 is 14.3 Å². The lowest BCUT2D eigenvalue weighted by molar-refractivity contribution is 0.202. The van der Waals surface area contributed by atoms with Gasteiger partial charge in [0, 0.05) is 11.6 Å². The number of aromatic hydroxyl groups is 1. The van der Waals surface area contributed by atoms with Crippen LogP contribution in [-0.4, -0.2) is 36.4 Å². The Hall–Kier alpha value is -4.64. The number of phenols is 1. The van der Waals surface area contributed by atoms with Crippen molar-refractivity contribution in [3.63, 3.8) is 0 Å². The van der Waals surface area contributed by atoms with Crippen LogP contribution < -0.4 is 15.1 Å². The predicted molar refractivity (Wildman–Crippen MR) is 178 cm³/mol. The van der Waals surface area contributed by atoms with Gasteiger partial charge in [-0.25, -0.2) is 0 Å². The largest absolute Gasteiger partial charge is 0.506 e. The van der Waals surface area contributed by atoms with Crippen LogP contribution in [0, 0.1) is 11.3 Å². The van der Waals surface area contributed by atoms with E-state index in [9.17, 15) is 10.4 Å². The van der Waals surface area contributed by atoms with E-state index >= 15 is 0 Å². The van der Waals surface area contributed by atoms with Crippen LogP contribution in [0.4, 0.5) is 0 Å². The van der Waals surface area contributed by atoms with E-state index in [0.717, 1.165) is 34.3 Å². The fraction of sp³-hybridized carbons (Fsp3) is 0.243. The predicted octanol–water partition coefficient (Wildman–Crippen LogP) is 6.79. The quantitative estimate of drug-likeness (QED) is 0.199. The maximum Gasteiger partial charge on any atom is 0.261 e. The Balaban J connectivity index is 1.35. The highest BCUT2D eigenvalue weighted by Gasteiger charge is 2.51. The molecule has 0 bridgehead atoms. The topological polar surface area (TPSA) is 80.3 Å². The summed E-state index contributed by atoms with van der Waals surface area (Å²) in [5.74, 6) is 0.739. The molecule has 1 heterocycles. The van der Waals surface area contributed by atoms with Crippen LogP contribution in [0.5, 0.6) is 11.5 Å². The molecule has 6 nitrogen and oxygen atoms in total. The van der Waals surface area contributed by atoms with Gasteiger partial charge in [-0.05, 0) is 63.2 Å². The molecule has 1 aliphatic rings. The average molecular weight is 600 g/mol. The maximum absolute atomic E-state index is 10.9. The Morgan fingerprint density at radius 1 is 0.977 bits per heavy atom. The highest BCUT2D eigenvalue weighted by Crippen LogP contribution is 2.42. The molecular formula is C37H37N3O3Si. The van der Waals surface area contributed by atoms with Gasteiger partial charge in [0.25, 0.3) is 8.32 Å². The third kappa shape index (κ3) is 5.32. The van der Waals surface area contributed by atoms with Crippen molar-refractivity contribution in [2.24, 2.45) is 0 Å². The van der Waals surface area contributed by atoms with Crippen LogP contribution in [0.2, 0.25) is 5.04 Å². The van der Waals surface area contributed by atoms with Crippen molar-refractivity contribution in [3.8, 4) is 17.6 Å². The molecule has 0 amide bonds. The van der Waals surface area contributed by atoms with Gasteiger partial charge in [-0.3, -0.25) is 4.68 Å². The zero-order chi connectivity index (χ0) is 30.9. The van der Waals surface area contributed by atoms with Crippen LogP contribution in [0.25, 0.3) is 16.5 Å². The SMILES string of the molecule is COc1ccc(Cn2cc3c(C4=CCC(O[Si](c5ccccc5)(c5ccccc5)C(C)(C)C)C4)cc(O)c(C#N)c3n2)cc1. The summed E-state index contributed by atoms with van der Waals surface area (Å²) < 4.78 is 14.5. The molecule has 6 rings (SSSR count). The van der Waals surface area contributed by atoms with Crippen molar-refractivity contribution >= 4 is 35.2 Å². The van der Waals surface area contributed by atoms with E-state index in [1.807, 2.05) is 35.1 Å². The number of hydrogen-bond acceptors (Lipinski definition) is 5. The summed E-state index contributed by atoms with van der Waals surface area (Å²) in [6.07, 6.45) is 5.64. The standard InChI is InChI=1S/C37H37N3O3Si/c1-37(2,3)44(30-11-7-5-8-12-30,31-13-9-6-10-14-31)43-29-20-17-27(21-29)32-22-35(41)33(23-38)36-34(32)25-40(39-36)24-26-15-18-28(42-4)19-16-26/h5-19,22,25,29,41H,20-21,24H2,1-4H3. The summed E-state index contributed by atoms with van der Waals surface area (Å²) in [5.41, 5.74) is 3.75. The summed E-state index contributed by atoms with van der Waals surface area (Å²) in [7, 11) is -1.07. The maximum atomic E-state index is 10.9. The molecular weight excluding hydrogens is 563 g/mol. The third-order valence-electron chi connectivity index (χ3n) is 8.62. The van der Waals surface area contributed by atoms with Crippen LogP contribution in [-0.2, 0) is 11.0 Å². The molecule has 0 radical (unpaired) electrons. The Morgan fingerprint density at radius 2 is 1.61 bits per heavy atom. The van der Waals surface area contributed by atoms with Crippen molar-refractivity contribution in [2.45, 2.75) is 51.3 Å². The number of rotatable bonds is 8. The Kier molecular flexibility index (Phi) is 7.89. The van der Waals surface area contributed by atoms with E-state index in [4.69, 9.17) is 14.3 Å². The lowest BCUT2D eigenvalue weighted by Crippen LogP contribution is -2.67. The van der Waals surface area contributed by atoms with Gasteiger partial charge in [0.2, 0.25) is 0 Å². The first kappa shape index (κ1) is 29.4. The third-order valence-corrected chi connectivity index (χ3v) is 13.7. The summed E-state index contributed by atoms with van der Waals surface area (Å²) in [6.45, 7) is 7.41. The van der Waals surface area contributed by atoms with Crippen LogP contribution in [0.3, 0.4) is 0 Å². The second-order valence-corrected chi connectivity index (χ2v) is 16.7. The number of nitriles is 1. The minimum atomic E-state index is -2.72. The second-order valence-electron chi connectivity index (χ2n) is 12.4. The number of nitrogens with zero attached hydrogens (tertiary/aromatic N) is 3. The molecule has 44 heavy (non-hydrogen) atoms. The lowest BCUT2D eigenvalue weighted by Gasteiger charge is -2.44. The molecule has 0 saturated heterocycles. The Labute approximate surface area is 259 Å². The molecule has 1 atom stereocenters. The van der Waals surface area contributed by atoms with E-state index in [2.05, 4.69) is 93.6 Å². The van der Waals surface area contributed by atoms with Crippen LogP contribution in [0.15, 0.2) is 103 Å². The number of ether oxygens (including phenoxy) is 1. The fourth-order valence-electron chi connectivity index (χ4n) is 6.52. The monoisotopic (exact) mass is 599 g/mol. The van der Waals surface area contributed by atoms with E-state index < -0.39 is 8.32 Å². The average Bonchev–Trinajstić information content (AvgIpc) is 3.67. The zero-order valence-electron chi connectivity index (χ0n) is 25.6. The molecule has 1 aliphatic carbocycles. The van der Waals surface area contributed by atoms with Gasteiger partial charge < -0.3 is 14.3 Å². The van der Waals surface area contributed by atoms with Crippen molar-refractivity contribution in [3.05, 3.63) is 120 Å². The van der Waals surface area contributed by atoms with Gasteiger partial charge >= 0.3 is 0 Å². The number of hydrogen-bond donors (Lipinski definition) is 1. The van der Waals surface area contributed by atoms with E-state index in [1.54, 1.807) is 13.2 Å². The molecule has 1 aromatic heterocycles. The normalized spacial score (nSPS) is 15.2. The van der Waals surface area contributed by atoms with E-state index in [1.165, 1.54) is 10.4 Å². The van der Waals surface area contributed by atoms with E-state index in [-0.39, 0.29) is 22.5 Å². The number of fused-ring (bicyclic) bond motifs is 1. The van der Waals surface area contributed by atoms with Gasteiger partial charge in [0.1, 0.15) is 28.6 Å². The molecule has 0 fully saturated rings. The molecule has 0 spiro atoms. The number of methoxy groups -OCH3 is 1. The van der Waals surface area contributed by atoms with Crippen LogP contribution in [0.1, 0.15) is 50.3 Å². The van der Waals surface area contributed by atoms with Crippen molar-refractivity contribution in [2.75, 3.05) is 7.11 Å². The van der Waals surface area contributed by atoms with Gasteiger partial charge in [-0.2, -0.15) is 10.4 Å². The number of benzene rings is 4. The fourth-order valence-corrected chi connectivity index (χ4v) is 11.2. The number of phenolic OH excluding ortho intramolecular Hbond substituents is 1. The highest BCUT2D eigenvalue weighted by atomic mass is 28.4. The summed E-state index contributed by atoms with van der Waals surface area (Å²) in [6, 6.07) is 33.1. The summed E-state index contributed by atoms with van der Waals surface area (Å²) in [5, 5.41) is 28.8.